The molecule has 6 rings (SSSR count). The Morgan fingerprint density at radius 2 is 2.25 bits per heavy atom. The molecule has 5 aliphatic rings. The van der Waals surface area contributed by atoms with E-state index in [4.69, 9.17) is 4.74 Å². The van der Waals surface area contributed by atoms with E-state index >= 15 is 0 Å². The van der Waals surface area contributed by atoms with Crippen molar-refractivity contribution in [3.8, 4) is 11.5 Å². The Morgan fingerprint density at radius 3 is 3.10 bits per heavy atom. The maximum atomic E-state index is 12.2. The van der Waals surface area contributed by atoms with Crippen molar-refractivity contribution in [3.63, 3.8) is 0 Å². The molecule has 20 heavy (non-hydrogen) atoms. The van der Waals surface area contributed by atoms with Crippen molar-refractivity contribution < 1.29 is 19.7 Å². The zero-order valence-electron chi connectivity index (χ0n) is 10.4. The third-order valence-corrected chi connectivity index (χ3v) is 6.03. The minimum Gasteiger partial charge on any atom is -0.504 e. The minimum atomic E-state index is -1.10. The molecule has 5 atom stereocenters. The third kappa shape index (κ3) is 0.623. The number of aromatic hydroxyl groups is 1. The van der Waals surface area contributed by atoms with Crippen molar-refractivity contribution in [2.75, 3.05) is 0 Å². The molecule has 3 aliphatic carbocycles. The van der Waals surface area contributed by atoms with E-state index in [1.807, 2.05) is 6.07 Å². The SMILES string of the molecule is O=C1C=C[C@@]2(O)C3N[C@]34C[C@@]23c2c4ccc(O)c2O[C@@H]13. The Balaban J connectivity index is 1.83. The minimum absolute atomic E-state index is 0.0452. The molecule has 0 radical (unpaired) electrons. The molecule has 0 amide bonds. The van der Waals surface area contributed by atoms with E-state index in [1.165, 1.54) is 6.08 Å². The van der Waals surface area contributed by atoms with E-state index in [0.717, 1.165) is 11.1 Å². The van der Waals surface area contributed by atoms with Crippen LogP contribution in [0.4, 0.5) is 0 Å². The van der Waals surface area contributed by atoms with Crippen molar-refractivity contribution >= 4 is 5.78 Å². The molecule has 5 heteroatoms. The van der Waals surface area contributed by atoms with Gasteiger partial charge in [0.05, 0.1) is 17.0 Å². The number of aliphatic hydroxyl groups is 1. The average molecular weight is 269 g/mol. The lowest BCUT2D eigenvalue weighted by Crippen LogP contribution is -2.61. The van der Waals surface area contributed by atoms with Crippen LogP contribution >= 0.6 is 0 Å². The lowest BCUT2D eigenvalue weighted by molar-refractivity contribution is -0.129. The molecule has 2 bridgehead atoms. The standard InChI is InChI=1S/C15H11NO4/c17-7-2-1-6-9-10(7)20-11-8(18)3-4-15(19)12-14(6,16-12)5-13(9,11)15/h1-4,11-12,16-17,19H,5H2/t11-,12?,13-,14-,15+/m0/s1. The highest BCUT2D eigenvalue weighted by atomic mass is 16.5. The van der Waals surface area contributed by atoms with Crippen LogP contribution in [-0.4, -0.2) is 33.7 Å². The van der Waals surface area contributed by atoms with Gasteiger partial charge in [-0.15, -0.1) is 0 Å². The quantitative estimate of drug-likeness (QED) is 0.570. The van der Waals surface area contributed by atoms with Crippen LogP contribution in [0.1, 0.15) is 17.5 Å². The zero-order chi connectivity index (χ0) is 13.5. The van der Waals surface area contributed by atoms with Gasteiger partial charge >= 0.3 is 0 Å². The molecule has 1 aromatic rings. The summed E-state index contributed by atoms with van der Waals surface area (Å²) in [6.45, 7) is 0. The highest BCUT2D eigenvalue weighted by Crippen LogP contribution is 2.77. The van der Waals surface area contributed by atoms with E-state index in [1.54, 1.807) is 12.1 Å². The Kier molecular flexibility index (Phi) is 1.14. The molecule has 3 N–H and O–H groups in total. The average Bonchev–Trinajstić information content (AvgIpc) is 2.84. The Hall–Kier alpha value is -1.85. The van der Waals surface area contributed by atoms with Crippen molar-refractivity contribution in [1.82, 2.24) is 5.32 Å². The maximum Gasteiger partial charge on any atom is 0.196 e. The third-order valence-electron chi connectivity index (χ3n) is 6.03. The first-order valence-corrected chi connectivity index (χ1v) is 6.81. The first-order valence-electron chi connectivity index (χ1n) is 6.81. The Morgan fingerprint density at radius 1 is 1.40 bits per heavy atom. The van der Waals surface area contributed by atoms with Gasteiger partial charge in [0, 0.05) is 5.56 Å². The molecule has 2 fully saturated rings. The van der Waals surface area contributed by atoms with Gasteiger partial charge in [-0.2, -0.15) is 0 Å². The number of hydrogen-bond donors (Lipinski definition) is 3. The van der Waals surface area contributed by atoms with Gasteiger partial charge in [-0.05, 0) is 30.2 Å². The number of benzene rings is 1. The molecule has 2 aliphatic heterocycles. The lowest BCUT2D eigenvalue weighted by Gasteiger charge is -2.43. The Labute approximate surface area is 113 Å². The number of nitrogens with one attached hydrogen (secondary N) is 1. The summed E-state index contributed by atoms with van der Waals surface area (Å²) < 4.78 is 5.78. The summed E-state index contributed by atoms with van der Waals surface area (Å²) in [4.78, 5) is 12.2. The van der Waals surface area contributed by atoms with Gasteiger partial charge in [0.15, 0.2) is 23.4 Å². The first kappa shape index (κ1) is 9.96. The number of phenolic OH excluding ortho intramolecular Hbond substituents is 1. The summed E-state index contributed by atoms with van der Waals surface area (Å²) in [7, 11) is 0. The van der Waals surface area contributed by atoms with Gasteiger partial charge in [-0.25, -0.2) is 0 Å². The molecule has 1 saturated heterocycles. The van der Waals surface area contributed by atoms with Crippen molar-refractivity contribution in [2.45, 2.75) is 35.1 Å². The number of hydrogen-bond acceptors (Lipinski definition) is 5. The number of ether oxygens (including phenoxy) is 1. The zero-order valence-corrected chi connectivity index (χ0v) is 10.4. The smallest absolute Gasteiger partial charge is 0.196 e. The fourth-order valence-electron chi connectivity index (χ4n) is 5.31. The lowest BCUT2D eigenvalue weighted by atomic mass is 9.62. The first-order chi connectivity index (χ1) is 9.55. The Bertz CT molecular complexity index is 786. The topological polar surface area (TPSA) is 88.7 Å². The number of carbonyl (C=O) groups excluding carboxylic acids is 1. The van der Waals surface area contributed by atoms with Crippen LogP contribution in [0.25, 0.3) is 0 Å². The van der Waals surface area contributed by atoms with Crippen LogP contribution in [0.5, 0.6) is 11.5 Å². The summed E-state index contributed by atoms with van der Waals surface area (Å²) in [5.41, 5.74) is -0.159. The molecule has 5 nitrogen and oxygen atoms in total. The predicted molar refractivity (Wildman–Crippen MR) is 66.5 cm³/mol. The monoisotopic (exact) mass is 269 g/mol. The molecule has 100 valence electrons. The van der Waals surface area contributed by atoms with Crippen LogP contribution in [0.2, 0.25) is 0 Å². The van der Waals surface area contributed by atoms with Gasteiger partial charge in [-0.1, -0.05) is 6.07 Å². The highest BCUT2D eigenvalue weighted by molar-refractivity contribution is 6.00. The van der Waals surface area contributed by atoms with E-state index in [-0.39, 0.29) is 23.1 Å². The molecule has 1 unspecified atom stereocenters. The van der Waals surface area contributed by atoms with Gasteiger partial charge in [0.2, 0.25) is 0 Å². The largest absolute Gasteiger partial charge is 0.504 e. The molecule has 0 aromatic heterocycles. The van der Waals surface area contributed by atoms with Crippen LogP contribution in [0.15, 0.2) is 24.3 Å². The number of piperidine rings is 1. The highest BCUT2D eigenvalue weighted by Gasteiger charge is 2.88. The van der Waals surface area contributed by atoms with Gasteiger partial charge < -0.3 is 14.9 Å². The second-order valence-corrected chi connectivity index (χ2v) is 6.59. The van der Waals surface area contributed by atoms with Crippen LogP contribution < -0.4 is 10.1 Å². The summed E-state index contributed by atoms with van der Waals surface area (Å²) in [5.74, 6) is 0.297. The molecule has 2 spiro atoms. The fourth-order valence-corrected chi connectivity index (χ4v) is 5.31. The summed E-state index contributed by atoms with van der Waals surface area (Å²) in [6, 6.07) is 3.45. The number of ketones is 1. The fraction of sp³-hybridized carbons (Fsp3) is 0.400. The summed E-state index contributed by atoms with van der Waals surface area (Å²) >= 11 is 0. The van der Waals surface area contributed by atoms with Crippen molar-refractivity contribution in [2.24, 2.45) is 0 Å². The van der Waals surface area contributed by atoms with Crippen LogP contribution in [-0.2, 0) is 15.7 Å². The number of rotatable bonds is 0. The van der Waals surface area contributed by atoms with Gasteiger partial charge in [0.25, 0.3) is 0 Å². The second kappa shape index (κ2) is 2.29. The second-order valence-electron chi connectivity index (χ2n) is 6.59. The maximum absolute atomic E-state index is 12.2. The van der Waals surface area contributed by atoms with Crippen LogP contribution in [0, 0.1) is 0 Å². The molecule has 1 aromatic carbocycles. The van der Waals surface area contributed by atoms with Crippen LogP contribution in [0.3, 0.4) is 0 Å². The van der Waals surface area contributed by atoms with E-state index in [2.05, 4.69) is 5.32 Å². The van der Waals surface area contributed by atoms with Crippen molar-refractivity contribution in [1.29, 1.82) is 0 Å². The van der Waals surface area contributed by atoms with E-state index < -0.39 is 17.1 Å². The summed E-state index contributed by atoms with van der Waals surface area (Å²) in [6.07, 6.45) is 3.00. The molecular formula is C15H11NO4. The van der Waals surface area contributed by atoms with Gasteiger partial charge in [0.1, 0.15) is 5.60 Å². The molecule has 2 heterocycles. The van der Waals surface area contributed by atoms with Gasteiger partial charge in [-0.3, -0.25) is 10.1 Å². The molecular weight excluding hydrogens is 258 g/mol. The van der Waals surface area contributed by atoms with Crippen molar-refractivity contribution in [3.05, 3.63) is 35.4 Å². The molecule has 1 saturated carbocycles. The number of carbonyl (C=O) groups is 1. The van der Waals surface area contributed by atoms with E-state index in [0.29, 0.717) is 12.2 Å². The normalized spacial score (nSPS) is 51.0. The predicted octanol–water partition coefficient (Wildman–Crippen LogP) is -0.155. The number of fused-ring (bicyclic) bond motifs is 1. The number of phenols is 1. The summed E-state index contributed by atoms with van der Waals surface area (Å²) in [5, 5.41) is 24.6. The van der Waals surface area contributed by atoms with E-state index in [9.17, 15) is 15.0 Å².